The number of nitrogen functional groups attached to an aromatic ring is 1. The first kappa shape index (κ1) is 22.2. The lowest BCUT2D eigenvalue weighted by Gasteiger charge is -2.29. The topological polar surface area (TPSA) is 116 Å². The number of hydrogen-bond donors (Lipinski definition) is 1. The molecule has 2 aromatic rings. The Labute approximate surface area is 187 Å². The summed E-state index contributed by atoms with van der Waals surface area (Å²) in [5.41, 5.74) is 7.54. The van der Waals surface area contributed by atoms with E-state index in [1.807, 2.05) is 12.1 Å². The van der Waals surface area contributed by atoms with Gasteiger partial charge in [-0.25, -0.2) is 4.98 Å². The van der Waals surface area contributed by atoms with Crippen LogP contribution in [-0.4, -0.2) is 72.8 Å². The van der Waals surface area contributed by atoms with Crippen LogP contribution in [0.2, 0.25) is 0 Å². The maximum atomic E-state index is 12.6. The van der Waals surface area contributed by atoms with E-state index < -0.39 is 0 Å². The third-order valence-electron chi connectivity index (χ3n) is 5.73. The number of carbonyl (C=O) groups is 1. The van der Waals surface area contributed by atoms with E-state index in [0.717, 1.165) is 18.7 Å². The van der Waals surface area contributed by atoms with Gasteiger partial charge in [-0.2, -0.15) is 9.97 Å². The summed E-state index contributed by atoms with van der Waals surface area (Å²) in [4.78, 5) is 29.5. The lowest BCUT2D eigenvalue weighted by molar-refractivity contribution is -0.117. The Balaban J connectivity index is 1.39. The summed E-state index contributed by atoms with van der Waals surface area (Å²) < 4.78 is 16.4. The van der Waals surface area contributed by atoms with Crippen molar-refractivity contribution < 1.29 is 19.0 Å². The number of pyridine rings is 1. The minimum Gasteiger partial charge on any atom is -0.477 e. The van der Waals surface area contributed by atoms with Gasteiger partial charge in [0.25, 0.3) is 0 Å². The molecule has 0 spiro atoms. The molecule has 0 saturated carbocycles. The summed E-state index contributed by atoms with van der Waals surface area (Å²) in [5.74, 6) is 1.77. The molecule has 0 bridgehead atoms. The Morgan fingerprint density at radius 3 is 2.84 bits per heavy atom. The van der Waals surface area contributed by atoms with Gasteiger partial charge in [0.15, 0.2) is 0 Å². The molecule has 2 aliphatic rings. The van der Waals surface area contributed by atoms with Crippen molar-refractivity contribution in [3.8, 4) is 11.9 Å². The Kier molecular flexibility index (Phi) is 7.01. The molecule has 10 heteroatoms. The van der Waals surface area contributed by atoms with Crippen LogP contribution in [0.3, 0.4) is 0 Å². The fourth-order valence-corrected chi connectivity index (χ4v) is 4.05. The van der Waals surface area contributed by atoms with E-state index >= 15 is 0 Å². The van der Waals surface area contributed by atoms with Gasteiger partial charge in [0.05, 0.1) is 26.2 Å². The number of fused-ring (bicyclic) bond motifs is 1. The average molecular weight is 443 g/mol. The van der Waals surface area contributed by atoms with Crippen LogP contribution >= 0.6 is 0 Å². The molecular weight excluding hydrogens is 412 g/mol. The molecular formula is C22H30N6O4. The number of anilines is 2. The molecule has 1 amide bonds. The zero-order valence-corrected chi connectivity index (χ0v) is 18.6. The van der Waals surface area contributed by atoms with Crippen molar-refractivity contribution in [2.75, 3.05) is 57.7 Å². The smallest absolute Gasteiger partial charge is 0.320 e. The van der Waals surface area contributed by atoms with Gasteiger partial charge in [-0.3, -0.25) is 9.69 Å². The monoisotopic (exact) mass is 442 g/mol. The van der Waals surface area contributed by atoms with Crippen LogP contribution in [0.5, 0.6) is 11.9 Å². The van der Waals surface area contributed by atoms with Crippen molar-refractivity contribution in [3.05, 3.63) is 29.5 Å². The first-order valence-electron chi connectivity index (χ1n) is 10.9. The summed E-state index contributed by atoms with van der Waals surface area (Å²) >= 11 is 0. The first-order valence-corrected chi connectivity index (χ1v) is 10.9. The number of carbonyl (C=O) groups excluding carboxylic acids is 1. The molecule has 4 heterocycles. The highest BCUT2D eigenvalue weighted by Crippen LogP contribution is 2.33. The number of hydrogen-bond acceptors (Lipinski definition) is 9. The van der Waals surface area contributed by atoms with E-state index in [1.54, 1.807) is 18.2 Å². The number of aromatic nitrogens is 3. The van der Waals surface area contributed by atoms with E-state index in [-0.39, 0.29) is 24.2 Å². The fraction of sp³-hybridized carbons (Fsp3) is 0.545. The molecule has 1 unspecified atom stereocenters. The van der Waals surface area contributed by atoms with Gasteiger partial charge in [0, 0.05) is 37.4 Å². The van der Waals surface area contributed by atoms with Gasteiger partial charge in [-0.1, -0.05) is 6.07 Å². The number of amides is 1. The minimum atomic E-state index is -0.0863. The summed E-state index contributed by atoms with van der Waals surface area (Å²) in [6.07, 6.45) is 4.29. The number of rotatable bonds is 9. The highest BCUT2D eigenvalue weighted by molar-refractivity contribution is 6.01. The van der Waals surface area contributed by atoms with Crippen LogP contribution in [0.25, 0.3) is 0 Å². The Morgan fingerprint density at radius 1 is 1.22 bits per heavy atom. The third kappa shape index (κ3) is 5.25. The molecule has 2 aromatic heterocycles. The van der Waals surface area contributed by atoms with Crippen molar-refractivity contribution >= 4 is 17.5 Å². The standard InChI is InChI=1S/C22H30N6O4/c1-27-7-3-4-16(12-27)14-32-18-6-5-15(11-24-18)13-28-19(29)10-17-20(23)25-22(26-21(17)28)31-9-8-30-2/h5-6,11,16H,3-4,7-10,12-14H2,1-2H3,(H2,23,25,26). The van der Waals surface area contributed by atoms with E-state index in [0.29, 0.717) is 49.5 Å². The molecule has 0 aromatic carbocycles. The third-order valence-corrected chi connectivity index (χ3v) is 5.73. The molecule has 2 N–H and O–H groups in total. The van der Waals surface area contributed by atoms with Crippen LogP contribution in [0.1, 0.15) is 24.0 Å². The highest BCUT2D eigenvalue weighted by atomic mass is 16.5. The van der Waals surface area contributed by atoms with Gasteiger partial charge < -0.3 is 24.8 Å². The maximum absolute atomic E-state index is 12.6. The van der Waals surface area contributed by atoms with Crippen molar-refractivity contribution in [1.29, 1.82) is 0 Å². The fourth-order valence-electron chi connectivity index (χ4n) is 4.05. The molecule has 1 fully saturated rings. The first-order chi connectivity index (χ1) is 15.5. The largest absolute Gasteiger partial charge is 0.477 e. The molecule has 32 heavy (non-hydrogen) atoms. The molecule has 1 atom stereocenters. The summed E-state index contributed by atoms with van der Waals surface area (Å²) in [5, 5.41) is 0. The van der Waals surface area contributed by atoms with Crippen molar-refractivity contribution in [3.63, 3.8) is 0 Å². The lowest BCUT2D eigenvalue weighted by atomic mass is 10.00. The summed E-state index contributed by atoms with van der Waals surface area (Å²) in [7, 11) is 3.73. The van der Waals surface area contributed by atoms with Crippen LogP contribution in [0.15, 0.2) is 18.3 Å². The lowest BCUT2D eigenvalue weighted by Crippen LogP contribution is -2.34. The van der Waals surface area contributed by atoms with Gasteiger partial charge >= 0.3 is 6.01 Å². The molecule has 1 saturated heterocycles. The second-order valence-electron chi connectivity index (χ2n) is 8.28. The summed E-state index contributed by atoms with van der Waals surface area (Å²) in [6.45, 7) is 3.90. The number of piperidine rings is 1. The highest BCUT2D eigenvalue weighted by Gasteiger charge is 2.32. The second-order valence-corrected chi connectivity index (χ2v) is 8.28. The van der Waals surface area contributed by atoms with Crippen LogP contribution in [0.4, 0.5) is 11.6 Å². The molecule has 4 rings (SSSR count). The van der Waals surface area contributed by atoms with Gasteiger partial charge in [-0.05, 0) is 32.0 Å². The number of likely N-dealkylation sites (tertiary alicyclic amines) is 1. The van der Waals surface area contributed by atoms with E-state index in [1.165, 1.54) is 12.8 Å². The predicted molar refractivity (Wildman–Crippen MR) is 119 cm³/mol. The summed E-state index contributed by atoms with van der Waals surface area (Å²) in [6, 6.07) is 3.89. The molecule has 10 nitrogen and oxygen atoms in total. The molecule has 172 valence electrons. The maximum Gasteiger partial charge on any atom is 0.320 e. The number of ether oxygens (including phenoxy) is 3. The molecule has 0 radical (unpaired) electrons. The Hall–Kier alpha value is -2.98. The number of nitrogens with zero attached hydrogens (tertiary/aromatic N) is 5. The SMILES string of the molecule is COCCOc1nc(N)c2c(n1)N(Cc1ccc(OCC3CCCN(C)C3)nc1)C(=O)C2. The van der Waals surface area contributed by atoms with Gasteiger partial charge in [0.2, 0.25) is 11.8 Å². The second kappa shape index (κ2) is 10.1. The van der Waals surface area contributed by atoms with E-state index in [9.17, 15) is 4.79 Å². The van der Waals surface area contributed by atoms with Crippen LogP contribution in [-0.2, 0) is 22.5 Å². The molecule has 0 aliphatic carbocycles. The van der Waals surface area contributed by atoms with Gasteiger partial charge in [-0.15, -0.1) is 0 Å². The Bertz CT molecular complexity index is 939. The quantitative estimate of drug-likeness (QED) is 0.573. The van der Waals surface area contributed by atoms with E-state index in [4.69, 9.17) is 19.9 Å². The van der Waals surface area contributed by atoms with Crippen LogP contribution < -0.4 is 20.1 Å². The van der Waals surface area contributed by atoms with Gasteiger partial charge in [0.1, 0.15) is 18.2 Å². The van der Waals surface area contributed by atoms with Crippen LogP contribution in [0, 0.1) is 5.92 Å². The normalized spacial score (nSPS) is 18.6. The number of nitrogens with two attached hydrogens (primary N) is 1. The zero-order chi connectivity index (χ0) is 22.5. The van der Waals surface area contributed by atoms with Crippen molar-refractivity contribution in [2.24, 2.45) is 5.92 Å². The average Bonchev–Trinajstić information content (AvgIpc) is 3.09. The predicted octanol–water partition coefficient (Wildman–Crippen LogP) is 1.29. The van der Waals surface area contributed by atoms with Crippen molar-refractivity contribution in [2.45, 2.75) is 25.8 Å². The minimum absolute atomic E-state index is 0.0863. The van der Waals surface area contributed by atoms with E-state index in [2.05, 4.69) is 26.9 Å². The molecule has 2 aliphatic heterocycles. The Morgan fingerprint density at radius 2 is 2.09 bits per heavy atom. The number of methoxy groups -OCH3 is 1. The zero-order valence-electron chi connectivity index (χ0n) is 18.6. The van der Waals surface area contributed by atoms with Crippen molar-refractivity contribution in [1.82, 2.24) is 19.9 Å².